The number of ether oxygens (including phenoxy) is 2. The van der Waals surface area contributed by atoms with Gasteiger partial charge in [-0.25, -0.2) is 0 Å². The summed E-state index contributed by atoms with van der Waals surface area (Å²) in [5.74, 6) is 0.475. The summed E-state index contributed by atoms with van der Waals surface area (Å²) < 4.78 is 53.7. The first-order valence-electron chi connectivity index (χ1n) is 12.4. The van der Waals surface area contributed by atoms with Crippen LogP contribution in [0.1, 0.15) is 66.1 Å². The zero-order valence-corrected chi connectivity index (χ0v) is 20.6. The summed E-state index contributed by atoms with van der Waals surface area (Å²) in [5.41, 5.74) is 1.87. The number of hydrogen-bond donors (Lipinski definition) is 2. The Hall–Kier alpha value is -3.95. The molecule has 2 aromatic carbocycles. The van der Waals surface area contributed by atoms with Gasteiger partial charge in [-0.3, -0.25) is 9.59 Å². The molecule has 4 rings (SSSR count). The average molecular weight is 532 g/mol. The van der Waals surface area contributed by atoms with Crippen LogP contribution >= 0.6 is 0 Å². The number of carboxylic acids is 1. The number of hydrogen-bond acceptors (Lipinski definition) is 5. The van der Waals surface area contributed by atoms with Gasteiger partial charge in [-0.2, -0.15) is 0 Å². The van der Waals surface area contributed by atoms with Crippen molar-refractivity contribution in [2.75, 3.05) is 6.54 Å². The van der Waals surface area contributed by atoms with E-state index in [0.29, 0.717) is 22.6 Å². The van der Waals surface area contributed by atoms with Gasteiger partial charge in [0.1, 0.15) is 29.6 Å². The maximum atomic E-state index is 12.5. The van der Waals surface area contributed by atoms with Crippen molar-refractivity contribution in [1.29, 1.82) is 0 Å². The number of rotatable bonds is 10. The molecule has 38 heavy (non-hydrogen) atoms. The summed E-state index contributed by atoms with van der Waals surface area (Å²) in [7, 11) is 0. The van der Waals surface area contributed by atoms with Gasteiger partial charge in [0.2, 0.25) is 0 Å². The van der Waals surface area contributed by atoms with Crippen molar-refractivity contribution in [2.45, 2.75) is 57.4 Å². The highest BCUT2D eigenvalue weighted by atomic mass is 19.4. The summed E-state index contributed by atoms with van der Waals surface area (Å²) >= 11 is 0. The Balaban J connectivity index is 1.46. The minimum Gasteiger partial charge on any atom is -0.489 e. The van der Waals surface area contributed by atoms with Crippen molar-refractivity contribution in [3.8, 4) is 22.8 Å². The zero-order valence-electron chi connectivity index (χ0n) is 20.6. The summed E-state index contributed by atoms with van der Waals surface area (Å²) in [5, 5.41) is 11.2. The quantitative estimate of drug-likeness (QED) is 0.303. The lowest BCUT2D eigenvalue weighted by molar-refractivity contribution is -0.274. The maximum Gasteiger partial charge on any atom is 0.573 e. The van der Waals surface area contributed by atoms with Crippen LogP contribution in [0.25, 0.3) is 11.3 Å². The predicted molar refractivity (Wildman–Crippen MR) is 132 cm³/mol. The van der Waals surface area contributed by atoms with Gasteiger partial charge < -0.3 is 24.3 Å². The summed E-state index contributed by atoms with van der Waals surface area (Å²) in [6, 6.07) is 13.9. The van der Waals surface area contributed by atoms with Gasteiger partial charge in [-0.15, -0.1) is 13.2 Å². The SMILES string of the molecule is O=C(O)CCNC(=O)c1ccc(OCc2cc(-c3ccc(OC(F)(F)F)cc3)oc2C2CCCCC2)cc1. The molecule has 1 heterocycles. The van der Waals surface area contributed by atoms with E-state index in [1.807, 2.05) is 6.07 Å². The second kappa shape index (κ2) is 12.1. The minimum atomic E-state index is -4.76. The lowest BCUT2D eigenvalue weighted by Gasteiger charge is -2.21. The van der Waals surface area contributed by atoms with Gasteiger partial charge >= 0.3 is 12.3 Å². The number of amides is 1. The van der Waals surface area contributed by atoms with E-state index < -0.39 is 12.3 Å². The number of furan rings is 1. The molecule has 3 aromatic rings. The van der Waals surface area contributed by atoms with Crippen LogP contribution in [0.15, 0.2) is 59.0 Å². The van der Waals surface area contributed by atoms with Crippen LogP contribution in [0, 0.1) is 0 Å². The van der Waals surface area contributed by atoms with Crippen molar-refractivity contribution < 1.29 is 41.8 Å². The van der Waals surface area contributed by atoms with Crippen LogP contribution in [-0.4, -0.2) is 29.9 Å². The second-order valence-corrected chi connectivity index (χ2v) is 9.12. The molecule has 1 amide bonds. The fraction of sp³-hybridized carbons (Fsp3) is 0.357. The van der Waals surface area contributed by atoms with E-state index in [1.165, 1.54) is 30.7 Å². The highest BCUT2D eigenvalue weighted by molar-refractivity contribution is 5.94. The Morgan fingerprint density at radius 3 is 2.26 bits per heavy atom. The number of carbonyl (C=O) groups excluding carboxylic acids is 1. The molecule has 1 fully saturated rings. The van der Waals surface area contributed by atoms with Crippen molar-refractivity contribution >= 4 is 11.9 Å². The number of halogens is 3. The molecule has 1 aliphatic rings. The molecule has 0 spiro atoms. The molecule has 202 valence electrons. The molecular formula is C28H28F3NO6. The number of carbonyl (C=O) groups is 2. The van der Waals surface area contributed by atoms with E-state index in [0.717, 1.165) is 37.0 Å². The maximum absolute atomic E-state index is 12.5. The Kier molecular flexibility index (Phi) is 8.60. The Morgan fingerprint density at radius 1 is 0.974 bits per heavy atom. The van der Waals surface area contributed by atoms with E-state index in [1.54, 1.807) is 24.3 Å². The second-order valence-electron chi connectivity index (χ2n) is 9.12. The van der Waals surface area contributed by atoms with E-state index in [9.17, 15) is 22.8 Å². The molecule has 0 atom stereocenters. The topological polar surface area (TPSA) is 98.0 Å². The summed E-state index contributed by atoms with van der Waals surface area (Å²) in [6.07, 6.45) is 0.434. The largest absolute Gasteiger partial charge is 0.573 e. The van der Waals surface area contributed by atoms with Crippen LogP contribution < -0.4 is 14.8 Å². The Labute approximate surface area is 217 Å². The van der Waals surface area contributed by atoms with Crippen LogP contribution in [0.2, 0.25) is 0 Å². The Bertz CT molecular complexity index is 1230. The number of benzene rings is 2. The fourth-order valence-corrected chi connectivity index (χ4v) is 4.48. The zero-order chi connectivity index (χ0) is 27.1. The molecule has 1 aliphatic carbocycles. The first-order chi connectivity index (χ1) is 18.2. The Morgan fingerprint density at radius 2 is 1.63 bits per heavy atom. The lowest BCUT2D eigenvalue weighted by Crippen LogP contribution is -2.25. The van der Waals surface area contributed by atoms with Gasteiger partial charge in [0, 0.05) is 29.2 Å². The summed E-state index contributed by atoms with van der Waals surface area (Å²) in [4.78, 5) is 22.7. The first-order valence-corrected chi connectivity index (χ1v) is 12.4. The van der Waals surface area contributed by atoms with E-state index in [2.05, 4.69) is 10.1 Å². The van der Waals surface area contributed by atoms with E-state index in [-0.39, 0.29) is 37.1 Å². The van der Waals surface area contributed by atoms with Crippen molar-refractivity contribution in [3.05, 3.63) is 71.5 Å². The molecular weight excluding hydrogens is 503 g/mol. The molecule has 0 aliphatic heterocycles. The molecule has 0 bridgehead atoms. The average Bonchev–Trinajstić information content (AvgIpc) is 3.32. The normalized spacial score (nSPS) is 14.2. The third-order valence-corrected chi connectivity index (χ3v) is 6.33. The van der Waals surface area contributed by atoms with Crippen molar-refractivity contribution in [1.82, 2.24) is 5.32 Å². The van der Waals surface area contributed by atoms with Crippen LogP contribution in [0.5, 0.6) is 11.5 Å². The van der Waals surface area contributed by atoms with Crippen LogP contribution in [0.3, 0.4) is 0 Å². The monoisotopic (exact) mass is 531 g/mol. The minimum absolute atomic E-state index is 0.0390. The third-order valence-electron chi connectivity index (χ3n) is 6.33. The van der Waals surface area contributed by atoms with Crippen molar-refractivity contribution in [3.63, 3.8) is 0 Å². The van der Waals surface area contributed by atoms with Gasteiger partial charge in [-0.05, 0) is 67.4 Å². The predicted octanol–water partition coefficient (Wildman–Crippen LogP) is 6.68. The number of carboxylic acid groups (broad SMARTS) is 1. The number of nitrogens with one attached hydrogen (secondary N) is 1. The van der Waals surface area contributed by atoms with Gasteiger partial charge in [0.25, 0.3) is 5.91 Å². The molecule has 1 saturated carbocycles. The van der Waals surface area contributed by atoms with Crippen molar-refractivity contribution in [2.24, 2.45) is 0 Å². The number of alkyl halides is 3. The van der Waals surface area contributed by atoms with Gasteiger partial charge in [0.15, 0.2) is 0 Å². The molecule has 10 heteroatoms. The molecule has 1 aromatic heterocycles. The summed E-state index contributed by atoms with van der Waals surface area (Å²) in [6.45, 7) is 0.256. The molecule has 0 unspecified atom stereocenters. The first kappa shape index (κ1) is 27.1. The standard InChI is InChI=1S/C28H28F3NO6/c29-28(30,31)38-23-12-6-18(7-13-23)24-16-21(26(37-24)19-4-2-1-3-5-19)17-36-22-10-8-20(9-11-22)27(35)32-15-14-25(33)34/h6-13,16,19H,1-5,14-15,17H2,(H,32,35)(H,33,34). The van der Waals surface area contributed by atoms with Gasteiger partial charge in [-0.1, -0.05) is 19.3 Å². The molecule has 2 N–H and O–H groups in total. The molecule has 0 radical (unpaired) electrons. The van der Waals surface area contributed by atoms with Gasteiger partial charge in [0.05, 0.1) is 6.42 Å². The van der Waals surface area contributed by atoms with E-state index >= 15 is 0 Å². The fourth-order valence-electron chi connectivity index (χ4n) is 4.48. The van der Waals surface area contributed by atoms with Crippen LogP contribution in [-0.2, 0) is 11.4 Å². The van der Waals surface area contributed by atoms with E-state index in [4.69, 9.17) is 14.3 Å². The smallest absolute Gasteiger partial charge is 0.489 e. The highest BCUT2D eigenvalue weighted by Gasteiger charge is 2.31. The third kappa shape index (κ3) is 7.53. The lowest BCUT2D eigenvalue weighted by atomic mass is 9.86. The molecule has 0 saturated heterocycles. The highest BCUT2D eigenvalue weighted by Crippen LogP contribution is 2.39. The molecule has 7 nitrogen and oxygen atoms in total. The number of aliphatic carboxylic acids is 1. The van der Waals surface area contributed by atoms with Crippen LogP contribution in [0.4, 0.5) is 13.2 Å².